The van der Waals surface area contributed by atoms with Crippen molar-refractivity contribution in [1.29, 1.82) is 0 Å². The highest BCUT2D eigenvalue weighted by Crippen LogP contribution is 2.19. The Kier molecular flexibility index (Phi) is 6.67. The van der Waals surface area contributed by atoms with Crippen molar-refractivity contribution in [3.8, 4) is 5.75 Å². The molecule has 0 fully saturated rings. The minimum Gasteiger partial charge on any atom is -0.494 e. The van der Waals surface area contributed by atoms with Crippen molar-refractivity contribution in [1.82, 2.24) is 0 Å². The highest BCUT2D eigenvalue weighted by atomic mass is 16.5. The SMILES string of the molecule is CC(O)c1cccc(OCCCCCCO)c1. The number of rotatable bonds is 8. The quantitative estimate of drug-likeness (QED) is 0.685. The van der Waals surface area contributed by atoms with Gasteiger partial charge in [-0.1, -0.05) is 18.6 Å². The first kappa shape index (κ1) is 14.0. The maximum absolute atomic E-state index is 9.44. The number of ether oxygens (including phenoxy) is 1. The van der Waals surface area contributed by atoms with Crippen molar-refractivity contribution in [3.63, 3.8) is 0 Å². The highest BCUT2D eigenvalue weighted by molar-refractivity contribution is 5.29. The van der Waals surface area contributed by atoms with Crippen molar-refractivity contribution < 1.29 is 14.9 Å². The molecule has 0 amide bonds. The van der Waals surface area contributed by atoms with Gasteiger partial charge in [0, 0.05) is 6.61 Å². The van der Waals surface area contributed by atoms with E-state index in [4.69, 9.17) is 9.84 Å². The molecule has 17 heavy (non-hydrogen) atoms. The maximum Gasteiger partial charge on any atom is 0.119 e. The van der Waals surface area contributed by atoms with Gasteiger partial charge in [0.25, 0.3) is 0 Å². The van der Waals surface area contributed by atoms with E-state index >= 15 is 0 Å². The van der Waals surface area contributed by atoms with E-state index in [-0.39, 0.29) is 6.61 Å². The smallest absolute Gasteiger partial charge is 0.119 e. The van der Waals surface area contributed by atoms with E-state index in [0.717, 1.165) is 37.0 Å². The van der Waals surface area contributed by atoms with Crippen LogP contribution in [-0.2, 0) is 0 Å². The molecule has 2 N–H and O–H groups in total. The van der Waals surface area contributed by atoms with Crippen LogP contribution in [0.1, 0.15) is 44.3 Å². The second-order valence-electron chi connectivity index (χ2n) is 4.23. The molecule has 1 aromatic carbocycles. The normalized spacial score (nSPS) is 12.4. The van der Waals surface area contributed by atoms with Gasteiger partial charge >= 0.3 is 0 Å². The molecule has 0 aliphatic rings. The largest absolute Gasteiger partial charge is 0.494 e. The van der Waals surface area contributed by atoms with Crippen LogP contribution in [0.5, 0.6) is 5.75 Å². The standard InChI is InChI=1S/C14H22O3/c1-12(16)13-7-6-8-14(11-13)17-10-5-3-2-4-9-15/h6-8,11-12,15-16H,2-5,9-10H2,1H3. The summed E-state index contributed by atoms with van der Waals surface area (Å²) in [5.74, 6) is 0.811. The van der Waals surface area contributed by atoms with Crippen molar-refractivity contribution in [3.05, 3.63) is 29.8 Å². The van der Waals surface area contributed by atoms with Crippen LogP contribution in [0.15, 0.2) is 24.3 Å². The van der Waals surface area contributed by atoms with Crippen molar-refractivity contribution in [2.75, 3.05) is 13.2 Å². The third kappa shape index (κ3) is 5.71. The molecule has 0 bridgehead atoms. The van der Waals surface area contributed by atoms with Crippen LogP contribution in [0, 0.1) is 0 Å². The molecule has 0 aliphatic heterocycles. The first-order valence-corrected chi connectivity index (χ1v) is 6.25. The number of hydrogen-bond donors (Lipinski definition) is 2. The molecular weight excluding hydrogens is 216 g/mol. The van der Waals surface area contributed by atoms with Gasteiger partial charge in [0.15, 0.2) is 0 Å². The van der Waals surface area contributed by atoms with Crippen molar-refractivity contribution in [2.24, 2.45) is 0 Å². The molecule has 1 unspecified atom stereocenters. The number of unbranched alkanes of at least 4 members (excludes halogenated alkanes) is 3. The number of aliphatic hydroxyl groups excluding tert-OH is 2. The Hall–Kier alpha value is -1.06. The zero-order valence-electron chi connectivity index (χ0n) is 10.4. The summed E-state index contributed by atoms with van der Waals surface area (Å²) in [6.07, 6.45) is 3.55. The lowest BCUT2D eigenvalue weighted by molar-refractivity contribution is 0.198. The van der Waals surface area contributed by atoms with Gasteiger partial charge in [0.2, 0.25) is 0 Å². The minimum atomic E-state index is -0.455. The minimum absolute atomic E-state index is 0.275. The first-order chi connectivity index (χ1) is 8.24. The summed E-state index contributed by atoms with van der Waals surface area (Å²) in [4.78, 5) is 0. The molecule has 0 spiro atoms. The summed E-state index contributed by atoms with van der Waals surface area (Å²) in [7, 11) is 0. The highest BCUT2D eigenvalue weighted by Gasteiger charge is 2.01. The predicted molar refractivity (Wildman–Crippen MR) is 68.1 cm³/mol. The lowest BCUT2D eigenvalue weighted by Gasteiger charge is -2.09. The third-order valence-corrected chi connectivity index (χ3v) is 2.66. The molecule has 3 nitrogen and oxygen atoms in total. The molecule has 96 valence electrons. The molecule has 0 aliphatic carbocycles. The number of aliphatic hydroxyl groups is 2. The van der Waals surface area contributed by atoms with E-state index in [1.54, 1.807) is 6.92 Å². The van der Waals surface area contributed by atoms with Gasteiger partial charge in [0.05, 0.1) is 12.7 Å². The summed E-state index contributed by atoms with van der Waals surface area (Å²) >= 11 is 0. The summed E-state index contributed by atoms with van der Waals surface area (Å²) in [6, 6.07) is 7.56. The van der Waals surface area contributed by atoms with Gasteiger partial charge in [-0.15, -0.1) is 0 Å². The fraction of sp³-hybridized carbons (Fsp3) is 0.571. The van der Waals surface area contributed by atoms with Crippen LogP contribution < -0.4 is 4.74 Å². The van der Waals surface area contributed by atoms with Crippen LogP contribution in [0.3, 0.4) is 0 Å². The number of hydrogen-bond acceptors (Lipinski definition) is 3. The molecule has 0 saturated carbocycles. The Morgan fingerprint density at radius 1 is 1.18 bits per heavy atom. The van der Waals surface area contributed by atoms with Crippen LogP contribution in [-0.4, -0.2) is 23.4 Å². The lowest BCUT2D eigenvalue weighted by Crippen LogP contribution is -1.99. The van der Waals surface area contributed by atoms with Crippen molar-refractivity contribution >= 4 is 0 Å². The molecule has 3 heteroatoms. The molecule has 1 atom stereocenters. The monoisotopic (exact) mass is 238 g/mol. The first-order valence-electron chi connectivity index (χ1n) is 6.25. The van der Waals surface area contributed by atoms with E-state index in [2.05, 4.69) is 0 Å². The average Bonchev–Trinajstić information content (AvgIpc) is 2.34. The molecular formula is C14H22O3. The summed E-state index contributed by atoms with van der Waals surface area (Å²) in [5, 5.41) is 18.1. The van der Waals surface area contributed by atoms with Gasteiger partial charge in [-0.05, 0) is 43.9 Å². The Balaban J connectivity index is 2.24. The van der Waals surface area contributed by atoms with Gasteiger partial charge in [0.1, 0.15) is 5.75 Å². The predicted octanol–water partition coefficient (Wildman–Crippen LogP) is 2.67. The molecule has 1 aromatic rings. The van der Waals surface area contributed by atoms with E-state index in [1.165, 1.54) is 0 Å². The van der Waals surface area contributed by atoms with Crippen LogP contribution in [0.2, 0.25) is 0 Å². The zero-order valence-corrected chi connectivity index (χ0v) is 10.4. The van der Waals surface area contributed by atoms with Crippen LogP contribution >= 0.6 is 0 Å². The van der Waals surface area contributed by atoms with Crippen LogP contribution in [0.4, 0.5) is 0 Å². The molecule has 0 heterocycles. The van der Waals surface area contributed by atoms with Gasteiger partial charge in [-0.3, -0.25) is 0 Å². The third-order valence-electron chi connectivity index (χ3n) is 2.66. The lowest BCUT2D eigenvalue weighted by atomic mass is 10.1. The Morgan fingerprint density at radius 2 is 1.94 bits per heavy atom. The van der Waals surface area contributed by atoms with Crippen LogP contribution in [0.25, 0.3) is 0 Å². The molecule has 0 saturated heterocycles. The fourth-order valence-corrected chi connectivity index (χ4v) is 1.62. The second-order valence-corrected chi connectivity index (χ2v) is 4.23. The summed E-state index contributed by atoms with van der Waals surface area (Å²) in [5.41, 5.74) is 0.878. The second kappa shape index (κ2) is 8.09. The topological polar surface area (TPSA) is 49.7 Å². The van der Waals surface area contributed by atoms with E-state index in [1.807, 2.05) is 24.3 Å². The molecule has 1 rings (SSSR count). The van der Waals surface area contributed by atoms with E-state index in [0.29, 0.717) is 6.61 Å². The van der Waals surface area contributed by atoms with Gasteiger partial charge in [-0.2, -0.15) is 0 Å². The van der Waals surface area contributed by atoms with Gasteiger partial charge < -0.3 is 14.9 Å². The van der Waals surface area contributed by atoms with Crippen molar-refractivity contribution in [2.45, 2.75) is 38.7 Å². The molecule has 0 radical (unpaired) electrons. The summed E-state index contributed by atoms with van der Waals surface area (Å²) < 4.78 is 5.60. The Bertz CT molecular complexity index is 310. The van der Waals surface area contributed by atoms with E-state index in [9.17, 15) is 5.11 Å². The molecule has 0 aromatic heterocycles. The average molecular weight is 238 g/mol. The zero-order chi connectivity index (χ0) is 12.5. The maximum atomic E-state index is 9.44. The number of benzene rings is 1. The fourth-order valence-electron chi connectivity index (χ4n) is 1.62. The van der Waals surface area contributed by atoms with E-state index < -0.39 is 6.10 Å². The Labute approximate surface area is 103 Å². The van der Waals surface area contributed by atoms with Gasteiger partial charge in [-0.25, -0.2) is 0 Å². The summed E-state index contributed by atoms with van der Waals surface area (Å²) in [6.45, 7) is 2.71. The Morgan fingerprint density at radius 3 is 2.65 bits per heavy atom.